The Morgan fingerprint density at radius 1 is 0.439 bits per heavy atom. The van der Waals surface area contributed by atoms with Crippen molar-refractivity contribution in [2.45, 2.75) is 0 Å². The Morgan fingerprint density at radius 3 is 1.71 bits per heavy atom. The van der Waals surface area contributed by atoms with Crippen molar-refractivity contribution < 1.29 is 21.1 Å². The summed E-state index contributed by atoms with van der Waals surface area (Å²) in [7, 11) is 0. The van der Waals surface area contributed by atoms with Crippen molar-refractivity contribution >= 4 is 49.9 Å². The van der Waals surface area contributed by atoms with E-state index < -0.39 is 0 Å². The maximum Gasteiger partial charge on any atom is 0.168 e. The molecule has 0 aliphatic rings. The Morgan fingerprint density at radius 2 is 1.02 bits per heavy atom. The Bertz CT molecular complexity index is 3600. The molecule has 3 aromatic heterocycles. The predicted octanol–water partition coefficient (Wildman–Crippen LogP) is 15.3. The Balaban J connectivity index is 0.00000481. The normalized spacial score (nSPS) is 11.2. The van der Waals surface area contributed by atoms with E-state index in [9.17, 15) is 0 Å². The summed E-state index contributed by atoms with van der Waals surface area (Å²) in [5.74, 6) is 0.815. The van der Waals surface area contributed by atoms with Crippen molar-refractivity contribution in [3.05, 3.63) is 255 Å². The van der Waals surface area contributed by atoms with Crippen LogP contribution in [0.1, 0.15) is 0 Å². The van der Waals surface area contributed by atoms with Crippen LogP contribution in [0.3, 0.4) is 0 Å². The van der Waals surface area contributed by atoms with Gasteiger partial charge in [0.2, 0.25) is 0 Å². The molecule has 0 fully saturated rings. The van der Waals surface area contributed by atoms with Gasteiger partial charge >= 0.3 is 0 Å². The molecule has 0 saturated heterocycles. The molecule has 0 N–H and O–H groups in total. The average molecular weight is 1030 g/mol. The number of rotatable bonds is 9. The molecule has 0 bridgehead atoms. The van der Waals surface area contributed by atoms with Gasteiger partial charge in [0, 0.05) is 56.3 Å². The topological polar surface area (TPSA) is 30.9 Å². The monoisotopic (exact) mass is 1030 g/mol. The zero-order valence-electron chi connectivity index (χ0n) is 35.6. The largest absolute Gasteiger partial charge is 0.358 e. The first kappa shape index (κ1) is 40.6. The number of anilines is 3. The number of hydrogen-bond donors (Lipinski definition) is 0. The first-order valence-corrected chi connectivity index (χ1v) is 21.9. The second kappa shape index (κ2) is 17.5. The Kier molecular flexibility index (Phi) is 10.8. The van der Waals surface area contributed by atoms with Crippen LogP contribution in [-0.4, -0.2) is 18.7 Å². The van der Waals surface area contributed by atoms with Gasteiger partial charge in [0.1, 0.15) is 11.5 Å². The van der Waals surface area contributed by atoms with Gasteiger partial charge in [-0.3, -0.25) is 0 Å². The summed E-state index contributed by atoms with van der Waals surface area (Å²) in [6.07, 6.45) is 4.09. The molecule has 0 saturated carbocycles. The van der Waals surface area contributed by atoms with Gasteiger partial charge in [-0.25, -0.2) is 9.55 Å². The molecule has 12 aromatic rings. The maximum atomic E-state index is 5.12. The third-order valence-corrected chi connectivity index (χ3v) is 12.3. The number of aromatic nitrogens is 4. The van der Waals surface area contributed by atoms with Gasteiger partial charge in [0.05, 0.1) is 0 Å². The van der Waals surface area contributed by atoms with E-state index >= 15 is 0 Å². The molecule has 0 aliphatic heterocycles. The van der Waals surface area contributed by atoms with Crippen LogP contribution in [0.5, 0.6) is 0 Å². The number of para-hydroxylation sites is 5. The summed E-state index contributed by atoms with van der Waals surface area (Å²) in [6, 6.07) is 88.9. The number of imidazole rings is 1. The molecule has 9 aromatic carbocycles. The van der Waals surface area contributed by atoms with E-state index in [2.05, 4.69) is 262 Å². The molecule has 6 heteroatoms. The third kappa shape index (κ3) is 7.20. The summed E-state index contributed by atoms with van der Waals surface area (Å²) >= 11 is 0. The molecule has 0 aliphatic carbocycles. The van der Waals surface area contributed by atoms with Crippen molar-refractivity contribution in [1.82, 2.24) is 18.7 Å². The summed E-state index contributed by atoms with van der Waals surface area (Å²) < 4.78 is 6.72. The van der Waals surface area contributed by atoms with E-state index in [-0.39, 0.29) is 21.1 Å². The quantitative estimate of drug-likeness (QED) is 0.135. The van der Waals surface area contributed by atoms with Crippen LogP contribution in [0.4, 0.5) is 17.1 Å². The van der Waals surface area contributed by atoms with Crippen LogP contribution in [-0.2, 0) is 21.1 Å². The van der Waals surface area contributed by atoms with E-state index in [4.69, 9.17) is 4.98 Å². The molecule has 12 rings (SSSR count). The van der Waals surface area contributed by atoms with Crippen molar-refractivity contribution in [2.75, 3.05) is 4.90 Å². The predicted molar refractivity (Wildman–Crippen MR) is 268 cm³/mol. The molecule has 0 spiro atoms. The van der Waals surface area contributed by atoms with Gasteiger partial charge in [-0.05, 0) is 81.2 Å². The Hall–Kier alpha value is -8.11. The van der Waals surface area contributed by atoms with Crippen molar-refractivity contribution in [3.63, 3.8) is 0 Å². The Labute approximate surface area is 398 Å². The van der Waals surface area contributed by atoms with Gasteiger partial charge < -0.3 is 9.47 Å². The first-order chi connectivity index (χ1) is 32.3. The van der Waals surface area contributed by atoms with E-state index in [1.54, 1.807) is 0 Å². The fraction of sp³-hybridized carbons (Fsp3) is 0. The molecule has 0 unspecified atom stereocenters. The second-order valence-electron chi connectivity index (χ2n) is 16.1. The molecular formula is C60H40N5Pt-. The van der Waals surface area contributed by atoms with Crippen LogP contribution in [0.25, 0.3) is 83.4 Å². The van der Waals surface area contributed by atoms with Crippen molar-refractivity contribution in [1.29, 1.82) is 0 Å². The summed E-state index contributed by atoms with van der Waals surface area (Å²) in [5.41, 5.74) is 15.9. The van der Waals surface area contributed by atoms with Crippen LogP contribution in [0.2, 0.25) is 0 Å². The van der Waals surface area contributed by atoms with E-state index in [0.717, 1.165) is 89.3 Å². The number of pyridine rings is 1. The van der Waals surface area contributed by atoms with Gasteiger partial charge in [0.25, 0.3) is 0 Å². The van der Waals surface area contributed by atoms with Crippen molar-refractivity contribution in [3.8, 4) is 50.6 Å². The van der Waals surface area contributed by atoms with Crippen LogP contribution in [0, 0.1) is 12.1 Å². The second-order valence-corrected chi connectivity index (χ2v) is 16.1. The molecule has 3 heterocycles. The van der Waals surface area contributed by atoms with Gasteiger partial charge in [-0.2, -0.15) is 16.7 Å². The minimum absolute atomic E-state index is 0. The summed E-state index contributed by atoms with van der Waals surface area (Å²) in [6.45, 7) is 0. The zero-order chi connectivity index (χ0) is 43.1. The minimum Gasteiger partial charge on any atom is -0.358 e. The smallest absolute Gasteiger partial charge is 0.168 e. The molecule has 5 nitrogen and oxygen atoms in total. The summed E-state index contributed by atoms with van der Waals surface area (Å²) in [5, 5.41) is 2.24. The zero-order valence-corrected chi connectivity index (χ0v) is 37.9. The van der Waals surface area contributed by atoms with E-state index in [1.807, 2.05) is 12.3 Å². The van der Waals surface area contributed by atoms with Crippen LogP contribution in [0.15, 0.2) is 243 Å². The molecule has 66 heavy (non-hydrogen) atoms. The number of benzene rings is 9. The molecule has 0 radical (unpaired) electrons. The third-order valence-electron chi connectivity index (χ3n) is 12.3. The first-order valence-electron chi connectivity index (χ1n) is 21.9. The minimum atomic E-state index is 0. The van der Waals surface area contributed by atoms with Crippen molar-refractivity contribution in [2.24, 2.45) is 0 Å². The van der Waals surface area contributed by atoms with E-state index in [0.29, 0.717) is 0 Å². The van der Waals surface area contributed by atoms with E-state index in [1.165, 1.54) is 11.1 Å². The molecule has 316 valence electrons. The molecular weight excluding hydrogens is 986 g/mol. The number of nitrogens with zero attached hydrogens (tertiary/aromatic N) is 5. The van der Waals surface area contributed by atoms with Gasteiger partial charge in [-0.1, -0.05) is 169 Å². The fourth-order valence-electron chi connectivity index (χ4n) is 9.33. The van der Waals surface area contributed by atoms with Gasteiger partial charge in [0.15, 0.2) is 17.4 Å². The number of fused-ring (bicyclic) bond motifs is 4. The SMILES string of the molecule is [Pt].[c-]1c(N(c2[c-]c3c(cc2)c2ccccc2n3-c2cc(-c3c(-c4ccccc4)cccc3-c3ccccc3)ccn2)c2ccccc2)cccc1-n1[cH+]n(-c2ccccc2)c2ccccc21. The maximum absolute atomic E-state index is 5.12. The van der Waals surface area contributed by atoms with Crippen LogP contribution >= 0.6 is 0 Å². The van der Waals surface area contributed by atoms with Crippen LogP contribution < -0.4 is 4.90 Å². The molecule has 0 atom stereocenters. The van der Waals surface area contributed by atoms with Gasteiger partial charge in [-0.15, -0.1) is 29.7 Å². The average Bonchev–Trinajstić information content (AvgIpc) is 3.94. The fourth-order valence-corrected chi connectivity index (χ4v) is 9.33. The number of hydrogen-bond acceptors (Lipinski definition) is 2. The summed E-state index contributed by atoms with van der Waals surface area (Å²) in [4.78, 5) is 7.36. The molecule has 0 amide bonds. The standard InChI is InChI=1S/C60H40N5.Pt/c1-5-19-43(20-6-1)51-30-18-31-52(44-21-7-2-8-22-44)60(51)45-37-38-61-59(39-45)65-55-32-14-13-29-53(55)54-36-35-50(41-58(54)65)64(47-25-11-4-12-26-47)49-28-17-27-48(40-49)63-42-62(46-23-9-3-10-24-46)56-33-15-16-34-57(56)63;/h1-39,42H;/q-1;.